The number of carboxylic acids is 2. The summed E-state index contributed by atoms with van der Waals surface area (Å²) in [7, 11) is 0. The Kier molecular flexibility index (Phi) is 9.27. The van der Waals surface area contributed by atoms with Crippen molar-refractivity contribution in [3.05, 3.63) is 0 Å². The molecule has 0 aliphatic heterocycles. The van der Waals surface area contributed by atoms with Crippen LogP contribution in [0.2, 0.25) is 0 Å². The second-order valence-corrected chi connectivity index (χ2v) is 5.52. The summed E-state index contributed by atoms with van der Waals surface area (Å²) in [6.45, 7) is 3.65. The summed E-state index contributed by atoms with van der Waals surface area (Å²) in [4.78, 5) is 45.5. The fourth-order valence-corrected chi connectivity index (χ4v) is 1.88. The van der Waals surface area contributed by atoms with Crippen molar-refractivity contribution in [3.8, 4) is 0 Å². The minimum Gasteiger partial charge on any atom is -0.481 e. The van der Waals surface area contributed by atoms with Gasteiger partial charge >= 0.3 is 11.9 Å². The largest absolute Gasteiger partial charge is 0.481 e. The van der Waals surface area contributed by atoms with Gasteiger partial charge in [-0.1, -0.05) is 20.3 Å². The molecule has 0 aromatic rings. The fraction of sp³-hybridized carbons (Fsp3) is 0.692. The van der Waals surface area contributed by atoms with Gasteiger partial charge in [-0.2, -0.15) is 12.6 Å². The number of hydrogen-bond acceptors (Lipinski definition) is 6. The third-order valence-electron chi connectivity index (χ3n) is 3.37. The molecule has 10 heteroatoms. The molecule has 6 N–H and O–H groups in total. The number of nitrogens with two attached hydrogens (primary N) is 1. The minimum atomic E-state index is -1.59. The van der Waals surface area contributed by atoms with E-state index in [0.717, 1.165) is 0 Å². The second kappa shape index (κ2) is 10.1. The van der Waals surface area contributed by atoms with Gasteiger partial charge in [-0.25, -0.2) is 4.79 Å². The lowest BCUT2D eigenvalue weighted by Crippen LogP contribution is -2.56. The Labute approximate surface area is 139 Å². The molecule has 9 nitrogen and oxygen atoms in total. The third-order valence-corrected chi connectivity index (χ3v) is 3.73. The van der Waals surface area contributed by atoms with Crippen molar-refractivity contribution < 1.29 is 29.4 Å². The Hall–Kier alpha value is -1.81. The molecule has 0 aliphatic carbocycles. The monoisotopic (exact) mass is 349 g/mol. The lowest BCUT2D eigenvalue weighted by Gasteiger charge is -2.23. The SMILES string of the molecule is CCC(C)C(N)C(=O)NC(CS)C(=O)NC(CC(=O)O)C(=O)O. The number of amides is 2. The predicted molar refractivity (Wildman–Crippen MR) is 85.0 cm³/mol. The average Bonchev–Trinajstić information content (AvgIpc) is 2.49. The van der Waals surface area contributed by atoms with Gasteiger partial charge in [-0.3, -0.25) is 14.4 Å². The number of thiol groups is 1. The van der Waals surface area contributed by atoms with Gasteiger partial charge in [0.05, 0.1) is 12.5 Å². The number of carboxylic acid groups (broad SMARTS) is 2. The Morgan fingerprint density at radius 2 is 1.61 bits per heavy atom. The Bertz CT molecular complexity index is 459. The molecule has 0 aliphatic rings. The molecule has 0 radical (unpaired) electrons. The van der Waals surface area contributed by atoms with Gasteiger partial charge in [-0.15, -0.1) is 0 Å². The van der Waals surface area contributed by atoms with Gasteiger partial charge < -0.3 is 26.6 Å². The topological polar surface area (TPSA) is 159 Å². The lowest BCUT2D eigenvalue weighted by molar-refractivity contribution is -0.147. The fourth-order valence-electron chi connectivity index (χ4n) is 1.62. The van der Waals surface area contributed by atoms with Crippen LogP contribution in [-0.4, -0.2) is 57.8 Å². The van der Waals surface area contributed by atoms with Crippen LogP contribution >= 0.6 is 12.6 Å². The zero-order chi connectivity index (χ0) is 18.2. The van der Waals surface area contributed by atoms with Gasteiger partial charge in [0.1, 0.15) is 12.1 Å². The highest BCUT2D eigenvalue weighted by molar-refractivity contribution is 7.80. The van der Waals surface area contributed by atoms with Crippen LogP contribution in [0.25, 0.3) is 0 Å². The van der Waals surface area contributed by atoms with Crippen molar-refractivity contribution in [2.45, 2.75) is 44.8 Å². The number of carbonyl (C=O) groups excluding carboxylic acids is 2. The van der Waals surface area contributed by atoms with Crippen LogP contribution in [0.15, 0.2) is 0 Å². The molecule has 0 bridgehead atoms. The van der Waals surface area contributed by atoms with Crippen LogP contribution in [0.3, 0.4) is 0 Å². The van der Waals surface area contributed by atoms with E-state index in [2.05, 4.69) is 23.3 Å². The number of hydrogen-bond donors (Lipinski definition) is 6. The molecule has 23 heavy (non-hydrogen) atoms. The smallest absolute Gasteiger partial charge is 0.326 e. The predicted octanol–water partition coefficient (Wildman–Crippen LogP) is -1.18. The molecular weight excluding hydrogens is 326 g/mol. The maximum atomic E-state index is 12.0. The summed E-state index contributed by atoms with van der Waals surface area (Å²) < 4.78 is 0. The lowest BCUT2D eigenvalue weighted by atomic mass is 9.99. The molecule has 0 heterocycles. The quantitative estimate of drug-likeness (QED) is 0.271. The maximum Gasteiger partial charge on any atom is 0.326 e. The molecule has 0 aromatic heterocycles. The van der Waals surface area contributed by atoms with Gasteiger partial charge in [0, 0.05) is 5.75 Å². The molecule has 0 saturated heterocycles. The maximum absolute atomic E-state index is 12.0. The van der Waals surface area contributed by atoms with Crippen molar-refractivity contribution in [2.75, 3.05) is 5.75 Å². The molecule has 0 aromatic carbocycles. The normalized spacial score (nSPS) is 15.8. The minimum absolute atomic E-state index is 0.0930. The summed E-state index contributed by atoms with van der Waals surface area (Å²) in [5, 5.41) is 22.0. The number of aliphatic carboxylic acids is 2. The van der Waals surface area contributed by atoms with E-state index in [1.165, 1.54) is 0 Å². The van der Waals surface area contributed by atoms with E-state index in [4.69, 9.17) is 15.9 Å². The summed E-state index contributed by atoms with van der Waals surface area (Å²) in [5.41, 5.74) is 5.75. The highest BCUT2D eigenvalue weighted by Crippen LogP contribution is 2.06. The third kappa shape index (κ3) is 7.33. The zero-order valence-electron chi connectivity index (χ0n) is 13.0. The first kappa shape index (κ1) is 21.2. The van der Waals surface area contributed by atoms with Crippen LogP contribution in [0.4, 0.5) is 0 Å². The first-order valence-electron chi connectivity index (χ1n) is 7.05. The van der Waals surface area contributed by atoms with Gasteiger partial charge in [-0.05, 0) is 5.92 Å². The van der Waals surface area contributed by atoms with E-state index in [0.29, 0.717) is 6.42 Å². The van der Waals surface area contributed by atoms with Crippen molar-refractivity contribution in [1.29, 1.82) is 0 Å². The number of nitrogens with one attached hydrogen (secondary N) is 2. The van der Waals surface area contributed by atoms with E-state index >= 15 is 0 Å². The van der Waals surface area contributed by atoms with E-state index in [9.17, 15) is 19.2 Å². The molecular formula is C13H23N3O6S. The first-order valence-corrected chi connectivity index (χ1v) is 7.69. The summed E-state index contributed by atoms with van der Waals surface area (Å²) in [5.74, 6) is -4.44. The molecule has 2 amide bonds. The molecule has 0 rings (SSSR count). The molecule has 0 fully saturated rings. The Morgan fingerprint density at radius 1 is 1.09 bits per heavy atom. The van der Waals surface area contributed by atoms with Crippen LogP contribution in [-0.2, 0) is 19.2 Å². The molecule has 4 atom stereocenters. The van der Waals surface area contributed by atoms with E-state index in [1.807, 2.05) is 6.92 Å². The molecule has 0 spiro atoms. The van der Waals surface area contributed by atoms with Gasteiger partial charge in [0.25, 0.3) is 0 Å². The summed E-state index contributed by atoms with van der Waals surface area (Å²) in [6.07, 6.45) is -0.104. The second-order valence-electron chi connectivity index (χ2n) is 5.15. The van der Waals surface area contributed by atoms with Crippen LogP contribution < -0.4 is 16.4 Å². The van der Waals surface area contributed by atoms with E-state index < -0.39 is 48.3 Å². The zero-order valence-corrected chi connectivity index (χ0v) is 13.9. The van der Waals surface area contributed by atoms with E-state index in [-0.39, 0.29) is 11.7 Å². The average molecular weight is 349 g/mol. The standard InChI is InChI=1S/C13H23N3O6S/c1-3-6(2)10(14)12(20)16-8(5-23)11(19)15-7(13(21)22)4-9(17)18/h6-8,10,23H,3-5,14H2,1-2H3,(H,15,19)(H,16,20)(H,17,18)(H,21,22). The van der Waals surface area contributed by atoms with Crippen LogP contribution in [0.5, 0.6) is 0 Å². The van der Waals surface area contributed by atoms with Crippen molar-refractivity contribution >= 4 is 36.4 Å². The van der Waals surface area contributed by atoms with Crippen molar-refractivity contribution in [1.82, 2.24) is 10.6 Å². The highest BCUT2D eigenvalue weighted by Gasteiger charge is 2.29. The molecule has 4 unspecified atom stereocenters. The molecule has 0 saturated carbocycles. The number of carbonyl (C=O) groups is 4. The van der Waals surface area contributed by atoms with E-state index in [1.54, 1.807) is 6.92 Å². The van der Waals surface area contributed by atoms with Crippen molar-refractivity contribution in [3.63, 3.8) is 0 Å². The summed E-state index contributed by atoms with van der Waals surface area (Å²) in [6, 6.07) is -3.52. The van der Waals surface area contributed by atoms with Crippen LogP contribution in [0.1, 0.15) is 26.7 Å². The van der Waals surface area contributed by atoms with Gasteiger partial charge in [0.2, 0.25) is 11.8 Å². The highest BCUT2D eigenvalue weighted by atomic mass is 32.1. The first-order chi connectivity index (χ1) is 10.6. The summed E-state index contributed by atoms with van der Waals surface area (Å²) >= 11 is 3.94. The van der Waals surface area contributed by atoms with Crippen LogP contribution in [0, 0.1) is 5.92 Å². The van der Waals surface area contributed by atoms with Crippen molar-refractivity contribution in [2.24, 2.45) is 11.7 Å². The van der Waals surface area contributed by atoms with Gasteiger partial charge in [0.15, 0.2) is 0 Å². The number of rotatable bonds is 10. The Balaban J connectivity index is 4.82. The molecule has 132 valence electrons. The Morgan fingerprint density at radius 3 is 2.00 bits per heavy atom.